The van der Waals surface area contributed by atoms with Gasteiger partial charge in [0.05, 0.1) is 0 Å². The van der Waals surface area contributed by atoms with Crippen LogP contribution < -0.4 is 10.1 Å². The van der Waals surface area contributed by atoms with E-state index in [0.717, 1.165) is 17.9 Å². The molecule has 1 fully saturated rings. The minimum atomic E-state index is -1.03. The molecule has 2 rings (SSSR count). The molecule has 0 bridgehead atoms. The van der Waals surface area contributed by atoms with Crippen LogP contribution in [0.2, 0.25) is 0 Å². The Bertz CT molecular complexity index is 471. The molecule has 1 amide bonds. The van der Waals surface area contributed by atoms with Gasteiger partial charge in [0.25, 0.3) is 0 Å². The first-order chi connectivity index (χ1) is 9.15. The van der Waals surface area contributed by atoms with Crippen molar-refractivity contribution in [3.63, 3.8) is 0 Å². The number of carbonyl (C=O) groups is 2. The summed E-state index contributed by atoms with van der Waals surface area (Å²) in [6.07, 6.45) is 0.908. The zero-order valence-electron chi connectivity index (χ0n) is 10.3. The quantitative estimate of drug-likeness (QED) is 0.861. The van der Waals surface area contributed by atoms with Crippen molar-refractivity contribution in [1.29, 1.82) is 0 Å². The number of aliphatic carboxylic acids is 1. The minimum absolute atomic E-state index is 0.0142. The molecule has 0 aromatic heterocycles. The third kappa shape index (κ3) is 4.17. The second kappa shape index (κ2) is 6.47. The molecule has 1 saturated heterocycles. The van der Waals surface area contributed by atoms with Gasteiger partial charge in [-0.25, -0.2) is 4.79 Å². The normalized spacial score (nSPS) is 18.0. The van der Waals surface area contributed by atoms with Gasteiger partial charge in [0.1, 0.15) is 5.75 Å². The Balaban J connectivity index is 1.94. The third-order valence-electron chi connectivity index (χ3n) is 2.76. The van der Waals surface area contributed by atoms with Crippen LogP contribution in [0.3, 0.4) is 0 Å². The third-order valence-corrected chi connectivity index (χ3v) is 3.93. The number of carboxylic acid groups (broad SMARTS) is 1. The zero-order chi connectivity index (χ0) is 13.7. The summed E-state index contributed by atoms with van der Waals surface area (Å²) in [5.74, 6) is 1.37. The highest BCUT2D eigenvalue weighted by atomic mass is 32.2. The maximum atomic E-state index is 11.9. The Morgan fingerprint density at radius 3 is 3.00 bits per heavy atom. The molecule has 1 aliphatic rings. The Hall–Kier alpha value is -1.69. The molecular weight excluding hydrogens is 266 g/mol. The van der Waals surface area contributed by atoms with E-state index in [-0.39, 0.29) is 11.8 Å². The average molecular weight is 281 g/mol. The fourth-order valence-corrected chi connectivity index (χ4v) is 3.01. The molecule has 0 aliphatic carbocycles. The topological polar surface area (TPSA) is 75.6 Å². The van der Waals surface area contributed by atoms with Crippen LogP contribution in [0.4, 0.5) is 5.69 Å². The van der Waals surface area contributed by atoms with Gasteiger partial charge in [-0.15, -0.1) is 0 Å². The lowest BCUT2D eigenvalue weighted by atomic mass is 10.1. The first-order valence-corrected chi connectivity index (χ1v) is 7.14. The molecule has 1 heterocycles. The van der Waals surface area contributed by atoms with Crippen molar-refractivity contribution in [2.24, 2.45) is 5.92 Å². The lowest BCUT2D eigenvalue weighted by molar-refractivity contribution is -0.139. The summed E-state index contributed by atoms with van der Waals surface area (Å²) in [6, 6.07) is 6.76. The highest BCUT2D eigenvalue weighted by Crippen LogP contribution is 2.25. The van der Waals surface area contributed by atoms with E-state index >= 15 is 0 Å². The van der Waals surface area contributed by atoms with Crippen molar-refractivity contribution < 1.29 is 19.4 Å². The van der Waals surface area contributed by atoms with Gasteiger partial charge in [-0.3, -0.25) is 4.79 Å². The van der Waals surface area contributed by atoms with E-state index < -0.39 is 12.6 Å². The monoisotopic (exact) mass is 281 g/mol. The molecule has 1 unspecified atom stereocenters. The summed E-state index contributed by atoms with van der Waals surface area (Å²) in [5.41, 5.74) is 0.629. The molecule has 1 atom stereocenters. The number of amides is 1. The lowest BCUT2D eigenvalue weighted by Gasteiger charge is -2.11. The Morgan fingerprint density at radius 2 is 2.32 bits per heavy atom. The molecular formula is C13H15NO4S. The number of benzene rings is 1. The number of rotatable bonds is 5. The second-order valence-corrected chi connectivity index (χ2v) is 5.41. The molecule has 1 aliphatic heterocycles. The van der Waals surface area contributed by atoms with Gasteiger partial charge < -0.3 is 15.2 Å². The highest BCUT2D eigenvalue weighted by Gasteiger charge is 2.23. The van der Waals surface area contributed by atoms with E-state index in [1.54, 1.807) is 36.0 Å². The number of carboxylic acids is 1. The number of hydrogen-bond donors (Lipinski definition) is 2. The fraction of sp³-hybridized carbons (Fsp3) is 0.385. The number of carbonyl (C=O) groups excluding carboxylic acids is 1. The van der Waals surface area contributed by atoms with Gasteiger partial charge in [-0.1, -0.05) is 6.07 Å². The maximum Gasteiger partial charge on any atom is 0.341 e. The number of thioether (sulfide) groups is 1. The van der Waals surface area contributed by atoms with Gasteiger partial charge in [0, 0.05) is 23.4 Å². The number of nitrogens with one attached hydrogen (secondary N) is 1. The molecule has 102 valence electrons. The first-order valence-electron chi connectivity index (χ1n) is 5.98. The van der Waals surface area contributed by atoms with E-state index in [1.807, 2.05) is 0 Å². The van der Waals surface area contributed by atoms with Gasteiger partial charge in [0.2, 0.25) is 5.91 Å². The average Bonchev–Trinajstić information content (AvgIpc) is 2.91. The lowest BCUT2D eigenvalue weighted by Crippen LogP contribution is -2.22. The summed E-state index contributed by atoms with van der Waals surface area (Å²) in [4.78, 5) is 22.3. The Labute approximate surface area is 115 Å². The van der Waals surface area contributed by atoms with Crippen molar-refractivity contribution in [1.82, 2.24) is 0 Å². The van der Waals surface area contributed by atoms with Crippen LogP contribution in [-0.4, -0.2) is 35.1 Å². The molecule has 0 spiro atoms. The van der Waals surface area contributed by atoms with Gasteiger partial charge >= 0.3 is 5.97 Å². The smallest absolute Gasteiger partial charge is 0.341 e. The molecule has 2 N–H and O–H groups in total. The van der Waals surface area contributed by atoms with E-state index in [2.05, 4.69) is 5.32 Å². The predicted octanol–water partition coefficient (Wildman–Crippen LogP) is 1.84. The van der Waals surface area contributed by atoms with E-state index in [1.165, 1.54) is 0 Å². The number of anilines is 1. The molecule has 5 nitrogen and oxygen atoms in total. The van der Waals surface area contributed by atoms with Gasteiger partial charge in [-0.05, 0) is 24.3 Å². The largest absolute Gasteiger partial charge is 0.482 e. The van der Waals surface area contributed by atoms with Crippen LogP contribution in [0, 0.1) is 5.92 Å². The summed E-state index contributed by atoms with van der Waals surface area (Å²) in [7, 11) is 0. The van der Waals surface area contributed by atoms with Crippen LogP contribution in [-0.2, 0) is 9.59 Å². The van der Waals surface area contributed by atoms with E-state index in [9.17, 15) is 9.59 Å². The SMILES string of the molecule is O=C(O)COc1cccc(NC(=O)C2CCSC2)c1. The molecule has 0 radical (unpaired) electrons. The summed E-state index contributed by atoms with van der Waals surface area (Å²) in [6.45, 7) is -0.392. The zero-order valence-corrected chi connectivity index (χ0v) is 11.1. The highest BCUT2D eigenvalue weighted by molar-refractivity contribution is 7.99. The maximum absolute atomic E-state index is 11.9. The number of hydrogen-bond acceptors (Lipinski definition) is 4. The Kier molecular flexibility index (Phi) is 4.68. The van der Waals surface area contributed by atoms with E-state index in [0.29, 0.717) is 11.4 Å². The van der Waals surface area contributed by atoms with E-state index in [4.69, 9.17) is 9.84 Å². The van der Waals surface area contributed by atoms with Gasteiger partial charge in [0.15, 0.2) is 6.61 Å². The van der Waals surface area contributed by atoms with Crippen molar-refractivity contribution >= 4 is 29.3 Å². The van der Waals surface area contributed by atoms with Crippen LogP contribution in [0.1, 0.15) is 6.42 Å². The van der Waals surface area contributed by atoms with Crippen molar-refractivity contribution in [3.05, 3.63) is 24.3 Å². The van der Waals surface area contributed by atoms with Crippen molar-refractivity contribution in [3.8, 4) is 5.75 Å². The summed E-state index contributed by atoms with van der Waals surface area (Å²) < 4.78 is 5.06. The molecule has 6 heteroatoms. The first kappa shape index (κ1) is 13.7. The standard InChI is InChI=1S/C13H15NO4S/c15-12(16)7-18-11-3-1-2-10(6-11)14-13(17)9-4-5-19-8-9/h1-3,6,9H,4-5,7-8H2,(H,14,17)(H,15,16). The van der Waals surface area contributed by atoms with Crippen LogP contribution in [0.25, 0.3) is 0 Å². The molecule has 1 aromatic rings. The van der Waals surface area contributed by atoms with Crippen molar-refractivity contribution in [2.45, 2.75) is 6.42 Å². The minimum Gasteiger partial charge on any atom is -0.482 e. The van der Waals surface area contributed by atoms with Crippen LogP contribution in [0.5, 0.6) is 5.75 Å². The van der Waals surface area contributed by atoms with Crippen LogP contribution >= 0.6 is 11.8 Å². The second-order valence-electron chi connectivity index (χ2n) is 4.26. The predicted molar refractivity (Wildman–Crippen MR) is 73.6 cm³/mol. The molecule has 0 saturated carbocycles. The number of ether oxygens (including phenoxy) is 1. The Morgan fingerprint density at radius 1 is 1.47 bits per heavy atom. The van der Waals surface area contributed by atoms with Gasteiger partial charge in [-0.2, -0.15) is 11.8 Å². The van der Waals surface area contributed by atoms with Crippen molar-refractivity contribution in [2.75, 3.05) is 23.4 Å². The summed E-state index contributed by atoms with van der Waals surface area (Å²) >= 11 is 1.78. The molecule has 19 heavy (non-hydrogen) atoms. The fourth-order valence-electron chi connectivity index (χ4n) is 1.79. The van der Waals surface area contributed by atoms with Crippen LogP contribution in [0.15, 0.2) is 24.3 Å². The summed E-state index contributed by atoms with van der Waals surface area (Å²) in [5, 5.41) is 11.4. The molecule has 1 aromatic carbocycles.